The first kappa shape index (κ1) is 16.6. The third-order valence-corrected chi connectivity index (χ3v) is 4.93. The van der Waals surface area contributed by atoms with Crippen molar-refractivity contribution >= 4 is 22.5 Å². The van der Waals surface area contributed by atoms with Gasteiger partial charge in [0.25, 0.3) is 0 Å². The van der Waals surface area contributed by atoms with Gasteiger partial charge < -0.3 is 20.5 Å². The molecular weight excluding hydrogens is 300 g/mol. The summed E-state index contributed by atoms with van der Waals surface area (Å²) in [5.74, 6) is 0.239. The molecule has 1 aromatic heterocycles. The van der Waals surface area contributed by atoms with Crippen LogP contribution in [-0.4, -0.2) is 47.4 Å². The molecule has 0 spiro atoms. The van der Waals surface area contributed by atoms with Crippen molar-refractivity contribution in [1.29, 1.82) is 0 Å². The highest BCUT2D eigenvalue weighted by molar-refractivity contribution is 5.98. The number of H-pyrrole nitrogens is 1. The number of hydrogen-bond acceptors (Lipinski definition) is 3. The molecule has 0 aliphatic carbocycles. The summed E-state index contributed by atoms with van der Waals surface area (Å²) in [6, 6.07) is 6.37. The molecule has 4 rings (SSSR count). The Morgan fingerprint density at radius 1 is 1.33 bits per heavy atom. The second-order valence-electron chi connectivity index (χ2n) is 6.09. The van der Waals surface area contributed by atoms with Gasteiger partial charge in [-0.1, -0.05) is 12.1 Å². The van der Waals surface area contributed by atoms with Gasteiger partial charge in [-0.3, -0.25) is 4.79 Å². The van der Waals surface area contributed by atoms with Crippen LogP contribution in [0.3, 0.4) is 0 Å². The van der Waals surface area contributed by atoms with E-state index < -0.39 is 0 Å². The number of rotatable bonds is 3. The molecule has 2 aliphatic heterocycles. The summed E-state index contributed by atoms with van der Waals surface area (Å²) in [5.41, 5.74) is 9.50. The molecule has 1 amide bonds. The molecule has 1 unspecified atom stereocenters. The molecular formula is C19H26N4O. The van der Waals surface area contributed by atoms with Gasteiger partial charge in [0, 0.05) is 54.5 Å². The Kier molecular flexibility index (Phi) is 4.62. The Balaban J connectivity index is 0.000000815. The van der Waals surface area contributed by atoms with Gasteiger partial charge in [-0.25, -0.2) is 0 Å². The molecule has 1 aromatic carbocycles. The van der Waals surface area contributed by atoms with Crippen molar-refractivity contribution in [2.24, 2.45) is 11.7 Å². The third-order valence-electron chi connectivity index (χ3n) is 4.93. The monoisotopic (exact) mass is 326 g/mol. The van der Waals surface area contributed by atoms with Crippen LogP contribution in [0.5, 0.6) is 0 Å². The minimum atomic E-state index is -0.0156. The van der Waals surface area contributed by atoms with Crippen molar-refractivity contribution in [1.82, 2.24) is 14.8 Å². The minimum Gasteiger partial charge on any atom is -0.366 e. The van der Waals surface area contributed by atoms with E-state index in [2.05, 4.69) is 46.1 Å². The number of amides is 1. The van der Waals surface area contributed by atoms with Crippen LogP contribution in [-0.2, 0) is 11.3 Å². The average Bonchev–Trinajstić information content (AvgIpc) is 3.24. The van der Waals surface area contributed by atoms with Crippen LogP contribution >= 0.6 is 0 Å². The van der Waals surface area contributed by atoms with E-state index in [1.165, 1.54) is 34.8 Å². The van der Waals surface area contributed by atoms with Crippen LogP contribution in [0, 0.1) is 5.92 Å². The predicted octanol–water partition coefficient (Wildman–Crippen LogP) is 2.40. The van der Waals surface area contributed by atoms with Gasteiger partial charge in [0.05, 0.1) is 5.92 Å². The number of carbonyl (C=O) groups excluding carboxylic acids is 1. The van der Waals surface area contributed by atoms with Crippen LogP contribution in [0.15, 0.2) is 30.5 Å². The molecule has 3 N–H and O–H groups in total. The zero-order valence-corrected chi connectivity index (χ0v) is 14.7. The Morgan fingerprint density at radius 3 is 2.79 bits per heavy atom. The number of nitrogens with two attached hydrogens (primary N) is 1. The van der Waals surface area contributed by atoms with Crippen LogP contribution in [0.4, 0.5) is 0 Å². The molecule has 1 atom stereocenters. The molecule has 0 saturated heterocycles. The SMILES string of the molecule is CCN(CC)C(=O)C1C=C2c3cccc4[nH]cc(c34)CN2C1.CN. The lowest BCUT2D eigenvalue weighted by Gasteiger charge is -2.28. The van der Waals surface area contributed by atoms with Crippen molar-refractivity contribution in [2.45, 2.75) is 20.4 Å². The quantitative estimate of drug-likeness (QED) is 0.910. The lowest BCUT2D eigenvalue weighted by Crippen LogP contribution is -2.37. The van der Waals surface area contributed by atoms with Crippen molar-refractivity contribution in [3.05, 3.63) is 41.6 Å². The summed E-state index contributed by atoms with van der Waals surface area (Å²) in [4.78, 5) is 20.3. The van der Waals surface area contributed by atoms with E-state index in [1.807, 2.05) is 18.7 Å². The van der Waals surface area contributed by atoms with E-state index in [0.29, 0.717) is 0 Å². The highest BCUT2D eigenvalue weighted by Crippen LogP contribution is 2.40. The summed E-state index contributed by atoms with van der Waals surface area (Å²) in [7, 11) is 1.50. The molecule has 0 fully saturated rings. The molecule has 2 aromatic rings. The topological polar surface area (TPSA) is 65.4 Å². The number of nitrogens with one attached hydrogen (secondary N) is 1. The van der Waals surface area contributed by atoms with Gasteiger partial charge in [-0.05, 0) is 38.6 Å². The molecule has 2 aliphatic rings. The van der Waals surface area contributed by atoms with Gasteiger partial charge in [0.1, 0.15) is 0 Å². The fourth-order valence-electron chi connectivity index (χ4n) is 3.81. The summed E-state index contributed by atoms with van der Waals surface area (Å²) < 4.78 is 0. The number of nitrogens with zero attached hydrogens (tertiary/aromatic N) is 2. The zero-order chi connectivity index (χ0) is 17.3. The summed E-state index contributed by atoms with van der Waals surface area (Å²) in [6.45, 7) is 7.35. The second-order valence-corrected chi connectivity index (χ2v) is 6.09. The molecule has 3 heterocycles. The van der Waals surface area contributed by atoms with Gasteiger partial charge in [0.2, 0.25) is 5.91 Å². The summed E-state index contributed by atoms with van der Waals surface area (Å²) in [5, 5.41) is 1.32. The van der Waals surface area contributed by atoms with E-state index in [1.54, 1.807) is 0 Å². The van der Waals surface area contributed by atoms with Crippen molar-refractivity contribution in [3.8, 4) is 0 Å². The lowest BCUT2D eigenvalue weighted by atomic mass is 9.99. The molecule has 0 saturated carbocycles. The van der Waals surface area contributed by atoms with E-state index in [9.17, 15) is 4.79 Å². The third kappa shape index (κ3) is 2.49. The average molecular weight is 326 g/mol. The van der Waals surface area contributed by atoms with Gasteiger partial charge in [-0.15, -0.1) is 0 Å². The molecule has 0 radical (unpaired) electrons. The number of aromatic amines is 1. The Morgan fingerprint density at radius 2 is 2.08 bits per heavy atom. The smallest absolute Gasteiger partial charge is 0.231 e. The minimum absolute atomic E-state index is 0.0156. The van der Waals surface area contributed by atoms with Crippen LogP contribution in [0.2, 0.25) is 0 Å². The Bertz CT molecular complexity index is 773. The normalized spacial score (nSPS) is 17.9. The fourth-order valence-corrected chi connectivity index (χ4v) is 3.81. The van der Waals surface area contributed by atoms with Crippen molar-refractivity contribution in [3.63, 3.8) is 0 Å². The molecule has 5 nitrogen and oxygen atoms in total. The fraction of sp³-hybridized carbons (Fsp3) is 0.421. The Hall–Kier alpha value is -2.27. The maximum Gasteiger partial charge on any atom is 0.231 e. The molecule has 5 heteroatoms. The first-order valence-corrected chi connectivity index (χ1v) is 8.65. The largest absolute Gasteiger partial charge is 0.366 e. The van der Waals surface area contributed by atoms with Crippen LogP contribution < -0.4 is 5.73 Å². The van der Waals surface area contributed by atoms with E-state index >= 15 is 0 Å². The van der Waals surface area contributed by atoms with Gasteiger partial charge in [-0.2, -0.15) is 0 Å². The predicted molar refractivity (Wildman–Crippen MR) is 98.2 cm³/mol. The highest BCUT2D eigenvalue weighted by atomic mass is 16.2. The first-order valence-electron chi connectivity index (χ1n) is 8.65. The van der Waals surface area contributed by atoms with Crippen molar-refractivity contribution < 1.29 is 4.79 Å². The highest BCUT2D eigenvalue weighted by Gasteiger charge is 2.34. The zero-order valence-electron chi connectivity index (χ0n) is 14.7. The number of benzene rings is 1. The lowest BCUT2D eigenvalue weighted by molar-refractivity contribution is -0.133. The molecule has 128 valence electrons. The Labute approximate surface area is 143 Å². The summed E-state index contributed by atoms with van der Waals surface area (Å²) in [6.07, 6.45) is 4.27. The van der Waals surface area contributed by atoms with E-state index in [0.717, 1.165) is 26.2 Å². The number of carbonyl (C=O) groups is 1. The number of aromatic nitrogens is 1. The molecule has 0 bridgehead atoms. The van der Waals surface area contributed by atoms with Crippen LogP contribution in [0.1, 0.15) is 25.0 Å². The number of fused-ring (bicyclic) bond motifs is 2. The van der Waals surface area contributed by atoms with E-state index in [-0.39, 0.29) is 11.8 Å². The standard InChI is InChI=1S/C18H21N3O.CH5N/c1-3-20(4-2)18(22)12-8-16-14-6-5-7-15-17(14)13(9-19-15)11-21(16)10-12;1-2/h5-9,12,19H,3-4,10-11H2,1-2H3;2H2,1H3. The number of hydrogen-bond donors (Lipinski definition) is 2. The maximum atomic E-state index is 12.7. The van der Waals surface area contributed by atoms with Gasteiger partial charge >= 0.3 is 0 Å². The summed E-state index contributed by atoms with van der Waals surface area (Å²) >= 11 is 0. The van der Waals surface area contributed by atoms with Crippen molar-refractivity contribution in [2.75, 3.05) is 26.7 Å². The molecule has 24 heavy (non-hydrogen) atoms. The maximum absolute atomic E-state index is 12.7. The second kappa shape index (κ2) is 6.69. The van der Waals surface area contributed by atoms with E-state index in [4.69, 9.17) is 0 Å². The van der Waals surface area contributed by atoms with Crippen LogP contribution in [0.25, 0.3) is 16.6 Å². The first-order chi connectivity index (χ1) is 11.7. The van der Waals surface area contributed by atoms with Gasteiger partial charge in [0.15, 0.2) is 0 Å².